The summed E-state index contributed by atoms with van der Waals surface area (Å²) in [6, 6.07) is 4.17. The molecule has 2 aromatic heterocycles. The number of benzene rings is 1. The molecule has 0 aliphatic carbocycles. The van der Waals surface area contributed by atoms with E-state index in [1.54, 1.807) is 18.5 Å². The maximum Gasteiger partial charge on any atom is 0.573 e. The Kier molecular flexibility index (Phi) is 3.92. The number of aromatic amines is 1. The summed E-state index contributed by atoms with van der Waals surface area (Å²) in [6.07, 6.45) is -0.350. The lowest BCUT2D eigenvalue weighted by Crippen LogP contribution is -2.16. The second kappa shape index (κ2) is 5.91. The molecule has 9 heteroatoms. The quantitative estimate of drug-likeness (QED) is 0.679. The fourth-order valence-corrected chi connectivity index (χ4v) is 2.46. The monoisotopic (exact) mass is 337 g/mol. The van der Waals surface area contributed by atoms with Crippen LogP contribution in [0.1, 0.15) is 11.1 Å². The average Bonchev–Trinajstić information content (AvgIpc) is 2.87. The van der Waals surface area contributed by atoms with Gasteiger partial charge in [0.25, 0.3) is 0 Å². The number of rotatable bonds is 4. The number of nitrogens with one attached hydrogen (secondary N) is 1. The highest BCUT2D eigenvalue weighted by atomic mass is 19.4. The molecule has 0 aliphatic rings. The molecule has 0 bridgehead atoms. The number of hydrogen-bond donors (Lipinski definition) is 3. The number of ether oxygens (including phenoxy) is 1. The van der Waals surface area contributed by atoms with Gasteiger partial charge < -0.3 is 21.2 Å². The lowest BCUT2D eigenvalue weighted by Gasteiger charge is -2.09. The van der Waals surface area contributed by atoms with Gasteiger partial charge in [-0.1, -0.05) is 0 Å². The van der Waals surface area contributed by atoms with Crippen molar-refractivity contribution in [2.24, 2.45) is 0 Å². The highest BCUT2D eigenvalue weighted by Crippen LogP contribution is 2.28. The molecule has 3 aromatic rings. The minimum Gasteiger partial charge on any atom is -0.406 e. The average molecular weight is 337 g/mol. The number of aromatic nitrogens is 3. The number of hydrogen-bond acceptors (Lipinski definition) is 5. The zero-order valence-corrected chi connectivity index (χ0v) is 12.4. The van der Waals surface area contributed by atoms with E-state index in [4.69, 9.17) is 11.5 Å². The lowest BCUT2D eigenvalue weighted by molar-refractivity contribution is -0.274. The zero-order valence-electron chi connectivity index (χ0n) is 12.4. The van der Waals surface area contributed by atoms with E-state index in [9.17, 15) is 13.2 Å². The molecular formula is C15H14F3N5O. The Morgan fingerprint density at radius 2 is 1.88 bits per heavy atom. The number of fused-ring (bicyclic) bond motifs is 1. The lowest BCUT2D eigenvalue weighted by atomic mass is 10.0. The first-order valence-corrected chi connectivity index (χ1v) is 7.04. The maximum atomic E-state index is 12.3. The van der Waals surface area contributed by atoms with E-state index in [1.165, 1.54) is 12.1 Å². The van der Waals surface area contributed by atoms with Crippen LogP contribution in [0, 0.1) is 0 Å². The molecule has 0 amide bonds. The van der Waals surface area contributed by atoms with E-state index in [0.717, 1.165) is 16.6 Å². The number of aryl methyl sites for hydroxylation is 2. The Labute approximate surface area is 134 Å². The molecule has 1 aromatic carbocycles. The third-order valence-corrected chi connectivity index (χ3v) is 3.55. The summed E-state index contributed by atoms with van der Waals surface area (Å²) in [6.45, 7) is 0. The van der Waals surface area contributed by atoms with Crippen LogP contribution in [-0.4, -0.2) is 21.3 Å². The standard InChI is InChI=1S/C15H14F3N5O/c16-15(17,18)24-10-3-4-12-11(5-10)8(6-21-12)1-2-9-7-22-14(20)23-13(9)19/h3-7,21H,1-2H2,(H4,19,20,22,23). The summed E-state index contributed by atoms with van der Waals surface area (Å²) in [5.41, 5.74) is 13.5. The number of nitrogens with two attached hydrogens (primary N) is 2. The van der Waals surface area contributed by atoms with Gasteiger partial charge in [-0.3, -0.25) is 0 Å². The molecule has 0 unspecified atom stereocenters. The van der Waals surface area contributed by atoms with Gasteiger partial charge in [0, 0.05) is 28.9 Å². The van der Waals surface area contributed by atoms with Crippen molar-refractivity contribution in [2.45, 2.75) is 19.2 Å². The largest absolute Gasteiger partial charge is 0.573 e. The van der Waals surface area contributed by atoms with Gasteiger partial charge in [-0.2, -0.15) is 4.98 Å². The SMILES string of the molecule is Nc1ncc(CCc2c[nH]c3ccc(OC(F)(F)F)cc23)c(N)n1. The third kappa shape index (κ3) is 3.50. The van der Waals surface area contributed by atoms with Gasteiger partial charge in [0.15, 0.2) is 0 Å². The molecule has 24 heavy (non-hydrogen) atoms. The van der Waals surface area contributed by atoms with E-state index in [2.05, 4.69) is 19.7 Å². The third-order valence-electron chi connectivity index (χ3n) is 3.55. The molecule has 2 heterocycles. The normalized spacial score (nSPS) is 11.8. The molecule has 126 valence electrons. The number of H-pyrrole nitrogens is 1. The van der Waals surface area contributed by atoms with Gasteiger partial charge in [-0.15, -0.1) is 13.2 Å². The highest BCUT2D eigenvalue weighted by molar-refractivity contribution is 5.84. The second-order valence-electron chi connectivity index (χ2n) is 5.21. The molecule has 0 radical (unpaired) electrons. The molecule has 0 aliphatic heterocycles. The Morgan fingerprint density at radius 3 is 2.58 bits per heavy atom. The predicted octanol–water partition coefficient (Wildman–Crippen LogP) is 2.81. The van der Waals surface area contributed by atoms with Crippen LogP contribution in [0.2, 0.25) is 0 Å². The zero-order chi connectivity index (χ0) is 17.3. The Morgan fingerprint density at radius 1 is 1.12 bits per heavy atom. The van der Waals surface area contributed by atoms with Gasteiger partial charge in [0.1, 0.15) is 11.6 Å². The van der Waals surface area contributed by atoms with Crippen molar-refractivity contribution in [3.05, 3.63) is 41.7 Å². The number of anilines is 2. The molecule has 6 nitrogen and oxygen atoms in total. The maximum absolute atomic E-state index is 12.3. The number of nitrogen functional groups attached to an aromatic ring is 2. The summed E-state index contributed by atoms with van der Waals surface area (Å²) in [4.78, 5) is 10.8. The minimum atomic E-state index is -4.72. The van der Waals surface area contributed by atoms with Gasteiger partial charge in [-0.25, -0.2) is 4.98 Å². The van der Waals surface area contributed by atoms with Crippen molar-refractivity contribution in [1.82, 2.24) is 15.0 Å². The van der Waals surface area contributed by atoms with Crippen LogP contribution >= 0.6 is 0 Å². The van der Waals surface area contributed by atoms with E-state index < -0.39 is 6.36 Å². The fraction of sp³-hybridized carbons (Fsp3) is 0.200. The van der Waals surface area contributed by atoms with Crippen LogP contribution in [0.15, 0.2) is 30.6 Å². The topological polar surface area (TPSA) is 103 Å². The summed E-state index contributed by atoms with van der Waals surface area (Å²) in [5, 5.41) is 0.659. The van der Waals surface area contributed by atoms with Crippen molar-refractivity contribution in [1.29, 1.82) is 0 Å². The van der Waals surface area contributed by atoms with Crippen molar-refractivity contribution < 1.29 is 17.9 Å². The molecule has 0 atom stereocenters. The minimum absolute atomic E-state index is 0.0947. The van der Waals surface area contributed by atoms with Crippen LogP contribution in [0.4, 0.5) is 24.9 Å². The van der Waals surface area contributed by atoms with E-state index in [1.807, 2.05) is 0 Å². The second-order valence-corrected chi connectivity index (χ2v) is 5.21. The Bertz CT molecular complexity index is 875. The van der Waals surface area contributed by atoms with Crippen LogP contribution in [0.5, 0.6) is 5.75 Å². The summed E-state index contributed by atoms with van der Waals surface area (Å²) < 4.78 is 41.0. The van der Waals surface area contributed by atoms with Gasteiger partial charge in [0.2, 0.25) is 5.95 Å². The van der Waals surface area contributed by atoms with Crippen LogP contribution in [0.3, 0.4) is 0 Å². The van der Waals surface area contributed by atoms with E-state index in [0.29, 0.717) is 24.0 Å². The molecule has 3 rings (SSSR count). The van der Waals surface area contributed by atoms with Crippen molar-refractivity contribution >= 4 is 22.7 Å². The first-order valence-electron chi connectivity index (χ1n) is 7.04. The Hall–Kier alpha value is -2.97. The molecule has 0 spiro atoms. The molecule has 0 fully saturated rings. The van der Waals surface area contributed by atoms with Crippen molar-refractivity contribution in [2.75, 3.05) is 11.5 Å². The van der Waals surface area contributed by atoms with Gasteiger partial charge >= 0.3 is 6.36 Å². The number of alkyl halides is 3. The summed E-state index contributed by atoms with van der Waals surface area (Å²) >= 11 is 0. The number of halogens is 3. The predicted molar refractivity (Wildman–Crippen MR) is 83.2 cm³/mol. The first kappa shape index (κ1) is 15.9. The highest BCUT2D eigenvalue weighted by Gasteiger charge is 2.31. The number of nitrogens with zero attached hydrogens (tertiary/aromatic N) is 2. The summed E-state index contributed by atoms with van der Waals surface area (Å²) in [5.74, 6) is 0.131. The van der Waals surface area contributed by atoms with Crippen LogP contribution < -0.4 is 16.2 Å². The first-order chi connectivity index (χ1) is 11.3. The van der Waals surface area contributed by atoms with Crippen LogP contribution in [0.25, 0.3) is 10.9 Å². The van der Waals surface area contributed by atoms with Crippen molar-refractivity contribution in [3.8, 4) is 5.75 Å². The molecule has 0 saturated carbocycles. The smallest absolute Gasteiger partial charge is 0.406 e. The van der Waals surface area contributed by atoms with E-state index in [-0.39, 0.29) is 11.7 Å². The van der Waals surface area contributed by atoms with Crippen LogP contribution in [-0.2, 0) is 12.8 Å². The van der Waals surface area contributed by atoms with Crippen molar-refractivity contribution in [3.63, 3.8) is 0 Å². The molecular weight excluding hydrogens is 323 g/mol. The van der Waals surface area contributed by atoms with E-state index >= 15 is 0 Å². The fourth-order valence-electron chi connectivity index (χ4n) is 2.46. The van der Waals surface area contributed by atoms with Gasteiger partial charge in [-0.05, 0) is 36.6 Å². The Balaban J connectivity index is 1.82. The summed E-state index contributed by atoms with van der Waals surface area (Å²) in [7, 11) is 0. The molecule has 0 saturated heterocycles. The molecule has 5 N–H and O–H groups in total. The van der Waals surface area contributed by atoms with Gasteiger partial charge in [0.05, 0.1) is 0 Å².